The van der Waals surface area contributed by atoms with Crippen molar-refractivity contribution < 1.29 is 10.0 Å². The van der Waals surface area contributed by atoms with Crippen LogP contribution in [0.25, 0.3) is 10.9 Å². The van der Waals surface area contributed by atoms with Gasteiger partial charge >= 0.3 is 5.69 Å². The minimum atomic E-state index is -1.41. The first kappa shape index (κ1) is 18.8. The Labute approximate surface area is 158 Å². The molecule has 3 rings (SSSR count). The van der Waals surface area contributed by atoms with Crippen LogP contribution in [-0.2, 0) is 5.72 Å². The molecule has 0 saturated heterocycles. The van der Waals surface area contributed by atoms with Crippen LogP contribution in [0.1, 0.15) is 38.2 Å². The fraction of sp³-hybridized carbons (Fsp3) is 0.286. The molecule has 2 aromatic carbocycles. The van der Waals surface area contributed by atoms with Gasteiger partial charge in [-0.15, -0.1) is 0 Å². The van der Waals surface area contributed by atoms with Crippen LogP contribution < -0.4 is 5.32 Å². The molecule has 3 aromatic rings. The quantitative estimate of drug-likeness (QED) is 0.254. The summed E-state index contributed by atoms with van der Waals surface area (Å²) in [6.07, 6.45) is 4.46. The van der Waals surface area contributed by atoms with Gasteiger partial charge in [-0.1, -0.05) is 68.3 Å². The minimum Gasteiger partial charge on any atom is -0.367 e. The Morgan fingerprint density at radius 2 is 1.81 bits per heavy atom. The molecule has 0 aliphatic rings. The highest BCUT2D eigenvalue weighted by Gasteiger charge is 2.32. The summed E-state index contributed by atoms with van der Waals surface area (Å²) in [5, 5.41) is 26.8. The van der Waals surface area contributed by atoms with Crippen LogP contribution in [0, 0.1) is 10.1 Å². The third-order valence-corrected chi connectivity index (χ3v) is 4.68. The van der Waals surface area contributed by atoms with Gasteiger partial charge in [0.15, 0.2) is 5.72 Å². The summed E-state index contributed by atoms with van der Waals surface area (Å²) in [6.45, 7) is 2.09. The summed E-state index contributed by atoms with van der Waals surface area (Å²) < 4.78 is 0. The normalized spacial score (nSPS) is 13.3. The monoisotopic (exact) mass is 365 g/mol. The van der Waals surface area contributed by atoms with E-state index in [1.54, 1.807) is 18.2 Å². The summed E-state index contributed by atoms with van der Waals surface area (Å²) in [4.78, 5) is 15.3. The third-order valence-electron chi connectivity index (χ3n) is 4.68. The average Bonchev–Trinajstić information content (AvgIpc) is 2.69. The fourth-order valence-corrected chi connectivity index (χ4v) is 3.23. The molecule has 1 aromatic heterocycles. The maximum Gasteiger partial charge on any atom is 0.311 e. The topological polar surface area (TPSA) is 88.3 Å². The van der Waals surface area contributed by atoms with Gasteiger partial charge in [0.05, 0.1) is 10.4 Å². The van der Waals surface area contributed by atoms with Crippen molar-refractivity contribution in [3.05, 3.63) is 76.5 Å². The molecule has 6 nitrogen and oxygen atoms in total. The van der Waals surface area contributed by atoms with Gasteiger partial charge in [0, 0.05) is 10.9 Å². The number of unbranched alkanes of at least 4 members (excludes halogenated alkanes) is 2. The maximum absolute atomic E-state index is 11.6. The van der Waals surface area contributed by atoms with Crippen molar-refractivity contribution >= 4 is 22.3 Å². The molecule has 140 valence electrons. The Bertz CT molecular complexity index is 930. The number of hydrogen-bond donors (Lipinski definition) is 2. The number of aliphatic hydroxyl groups is 1. The molecule has 0 bridgehead atoms. The SMILES string of the molecule is CCCCCC(O)(Nc1c([N+](=O)[O-])cnc2ccccc12)c1ccccc1. The van der Waals surface area contributed by atoms with Crippen molar-refractivity contribution in [3.63, 3.8) is 0 Å². The van der Waals surface area contributed by atoms with E-state index in [1.807, 2.05) is 36.4 Å². The number of benzene rings is 2. The molecular formula is C21H23N3O3. The average molecular weight is 365 g/mol. The second kappa shape index (κ2) is 8.14. The van der Waals surface area contributed by atoms with Gasteiger partial charge in [0.2, 0.25) is 0 Å². The molecule has 0 fully saturated rings. The zero-order chi connectivity index (χ0) is 19.3. The maximum atomic E-state index is 11.6. The van der Waals surface area contributed by atoms with E-state index in [0.29, 0.717) is 22.9 Å². The number of rotatable bonds is 8. The summed E-state index contributed by atoms with van der Waals surface area (Å²) in [7, 11) is 0. The lowest BCUT2D eigenvalue weighted by atomic mass is 9.95. The number of fused-ring (bicyclic) bond motifs is 1. The Balaban J connectivity index is 2.10. The number of pyridine rings is 1. The lowest BCUT2D eigenvalue weighted by Gasteiger charge is -2.31. The zero-order valence-corrected chi connectivity index (χ0v) is 15.3. The van der Waals surface area contributed by atoms with Crippen LogP contribution in [0.5, 0.6) is 0 Å². The Morgan fingerprint density at radius 3 is 2.52 bits per heavy atom. The molecule has 1 heterocycles. The van der Waals surface area contributed by atoms with Gasteiger partial charge in [-0.3, -0.25) is 10.1 Å². The van der Waals surface area contributed by atoms with E-state index in [2.05, 4.69) is 17.2 Å². The van der Waals surface area contributed by atoms with E-state index in [9.17, 15) is 15.2 Å². The molecule has 2 N–H and O–H groups in total. The van der Waals surface area contributed by atoms with Crippen molar-refractivity contribution in [1.29, 1.82) is 0 Å². The molecule has 0 aliphatic carbocycles. The Kier molecular flexibility index (Phi) is 5.66. The number of nitrogens with zero attached hydrogens (tertiary/aromatic N) is 2. The first-order valence-corrected chi connectivity index (χ1v) is 9.13. The second-order valence-corrected chi connectivity index (χ2v) is 6.60. The first-order valence-electron chi connectivity index (χ1n) is 9.13. The molecule has 0 aliphatic heterocycles. The molecular weight excluding hydrogens is 342 g/mol. The fourth-order valence-electron chi connectivity index (χ4n) is 3.23. The molecule has 1 atom stereocenters. The molecule has 6 heteroatoms. The van der Waals surface area contributed by atoms with Crippen molar-refractivity contribution in [1.82, 2.24) is 4.98 Å². The molecule has 0 spiro atoms. The number of aromatic nitrogens is 1. The third kappa shape index (κ3) is 4.06. The predicted octanol–water partition coefficient (Wildman–Crippen LogP) is 4.98. The lowest BCUT2D eigenvalue weighted by Crippen LogP contribution is -2.35. The van der Waals surface area contributed by atoms with Crippen LogP contribution in [0.4, 0.5) is 11.4 Å². The summed E-state index contributed by atoms with van der Waals surface area (Å²) >= 11 is 0. The smallest absolute Gasteiger partial charge is 0.311 e. The number of anilines is 1. The van der Waals surface area contributed by atoms with E-state index >= 15 is 0 Å². The van der Waals surface area contributed by atoms with Crippen LogP contribution in [0.15, 0.2) is 60.8 Å². The predicted molar refractivity (Wildman–Crippen MR) is 107 cm³/mol. The number of para-hydroxylation sites is 1. The van der Waals surface area contributed by atoms with E-state index in [1.165, 1.54) is 6.20 Å². The first-order chi connectivity index (χ1) is 13.0. The van der Waals surface area contributed by atoms with Crippen molar-refractivity contribution in [2.45, 2.75) is 38.3 Å². The van der Waals surface area contributed by atoms with Crippen LogP contribution in [-0.4, -0.2) is 15.0 Å². The van der Waals surface area contributed by atoms with Gasteiger partial charge in [0.25, 0.3) is 0 Å². The molecule has 1 unspecified atom stereocenters. The Hall–Kier alpha value is -2.99. The van der Waals surface area contributed by atoms with Gasteiger partial charge in [-0.25, -0.2) is 4.98 Å². The summed E-state index contributed by atoms with van der Waals surface area (Å²) in [5.41, 5.74) is 0.0311. The van der Waals surface area contributed by atoms with Crippen LogP contribution >= 0.6 is 0 Å². The Morgan fingerprint density at radius 1 is 1.11 bits per heavy atom. The highest BCUT2D eigenvalue weighted by Crippen LogP contribution is 2.37. The van der Waals surface area contributed by atoms with Crippen LogP contribution in [0.3, 0.4) is 0 Å². The summed E-state index contributed by atoms with van der Waals surface area (Å²) in [5.74, 6) is 0. The largest absolute Gasteiger partial charge is 0.367 e. The lowest BCUT2D eigenvalue weighted by molar-refractivity contribution is -0.384. The molecule has 0 saturated carbocycles. The molecule has 0 amide bonds. The highest BCUT2D eigenvalue weighted by atomic mass is 16.6. The van der Waals surface area contributed by atoms with E-state index < -0.39 is 10.6 Å². The molecule has 27 heavy (non-hydrogen) atoms. The van der Waals surface area contributed by atoms with E-state index in [0.717, 1.165) is 19.3 Å². The minimum absolute atomic E-state index is 0.154. The van der Waals surface area contributed by atoms with Crippen molar-refractivity contribution in [3.8, 4) is 0 Å². The number of nitro groups is 1. The van der Waals surface area contributed by atoms with Gasteiger partial charge in [-0.05, 0) is 18.9 Å². The van der Waals surface area contributed by atoms with Crippen LogP contribution in [0.2, 0.25) is 0 Å². The van der Waals surface area contributed by atoms with Gasteiger partial charge in [-0.2, -0.15) is 0 Å². The van der Waals surface area contributed by atoms with Gasteiger partial charge in [0.1, 0.15) is 11.9 Å². The van der Waals surface area contributed by atoms with Crippen molar-refractivity contribution in [2.75, 3.05) is 5.32 Å². The van der Waals surface area contributed by atoms with E-state index in [-0.39, 0.29) is 11.4 Å². The second-order valence-electron chi connectivity index (χ2n) is 6.60. The summed E-state index contributed by atoms with van der Waals surface area (Å²) in [6, 6.07) is 16.4. The van der Waals surface area contributed by atoms with Gasteiger partial charge < -0.3 is 10.4 Å². The highest BCUT2D eigenvalue weighted by molar-refractivity contribution is 5.95. The zero-order valence-electron chi connectivity index (χ0n) is 15.3. The van der Waals surface area contributed by atoms with Crippen molar-refractivity contribution in [2.24, 2.45) is 0 Å². The number of hydrogen-bond acceptors (Lipinski definition) is 5. The standard InChI is InChI=1S/C21H23N3O3/c1-2-3-9-14-21(25,16-10-5-4-6-11-16)23-20-17-12-7-8-13-18(17)22-15-19(20)24(26)27/h4-8,10-13,15,25H,2-3,9,14H2,1H3,(H,22,23). The van der Waals surface area contributed by atoms with E-state index in [4.69, 9.17) is 0 Å². The molecule has 0 radical (unpaired) electrons. The number of nitrogens with one attached hydrogen (secondary N) is 1.